The van der Waals surface area contributed by atoms with Crippen molar-refractivity contribution in [2.45, 2.75) is 20.0 Å². The highest BCUT2D eigenvalue weighted by Gasteiger charge is 2.10. The van der Waals surface area contributed by atoms with Gasteiger partial charge in [0.1, 0.15) is 18.5 Å². The fourth-order valence-corrected chi connectivity index (χ4v) is 2.20. The number of benzene rings is 1. The molecule has 1 heterocycles. The predicted molar refractivity (Wildman–Crippen MR) is 77.6 cm³/mol. The molecule has 0 bridgehead atoms. The van der Waals surface area contributed by atoms with Crippen LogP contribution in [0.2, 0.25) is 0 Å². The van der Waals surface area contributed by atoms with Crippen LogP contribution in [0.5, 0.6) is 5.75 Å². The number of nitrogens with zero attached hydrogens (tertiary/aromatic N) is 1. The molecular weight excluding hydrogens is 240 g/mol. The second kappa shape index (κ2) is 6.59. The van der Waals surface area contributed by atoms with Crippen LogP contribution in [0.4, 0.5) is 0 Å². The predicted octanol–water partition coefficient (Wildman–Crippen LogP) is 2.25. The van der Waals surface area contributed by atoms with Gasteiger partial charge in [0.25, 0.3) is 0 Å². The largest absolute Gasteiger partial charge is 0.490 e. The molecule has 1 unspecified atom stereocenters. The van der Waals surface area contributed by atoms with Crippen molar-refractivity contribution in [1.29, 1.82) is 0 Å². The zero-order valence-electron chi connectivity index (χ0n) is 11.6. The quantitative estimate of drug-likeness (QED) is 0.804. The molecule has 4 nitrogen and oxygen atoms in total. The van der Waals surface area contributed by atoms with Crippen LogP contribution in [0.1, 0.15) is 13.8 Å². The van der Waals surface area contributed by atoms with E-state index in [4.69, 9.17) is 4.74 Å². The molecule has 2 N–H and O–H groups in total. The Morgan fingerprint density at radius 3 is 2.79 bits per heavy atom. The molecule has 104 valence electrons. The van der Waals surface area contributed by atoms with E-state index in [1.165, 1.54) is 0 Å². The zero-order valence-corrected chi connectivity index (χ0v) is 11.6. The van der Waals surface area contributed by atoms with E-state index in [1.54, 1.807) is 0 Å². The number of hydrogen-bond acceptors (Lipinski definition) is 3. The van der Waals surface area contributed by atoms with Gasteiger partial charge < -0.3 is 19.7 Å². The van der Waals surface area contributed by atoms with E-state index < -0.39 is 6.10 Å². The van der Waals surface area contributed by atoms with Gasteiger partial charge in [-0.25, -0.2) is 0 Å². The molecule has 0 saturated heterocycles. The second-order valence-corrected chi connectivity index (χ2v) is 4.65. The van der Waals surface area contributed by atoms with Crippen LogP contribution in [-0.2, 0) is 0 Å². The van der Waals surface area contributed by atoms with Crippen molar-refractivity contribution in [2.24, 2.45) is 0 Å². The van der Waals surface area contributed by atoms with Crippen molar-refractivity contribution in [3.05, 3.63) is 30.5 Å². The van der Waals surface area contributed by atoms with Crippen LogP contribution in [0.15, 0.2) is 30.5 Å². The van der Waals surface area contributed by atoms with E-state index in [-0.39, 0.29) is 0 Å². The first-order valence-corrected chi connectivity index (χ1v) is 6.84. The molecule has 1 aromatic heterocycles. The Hall–Kier alpha value is -1.52. The fraction of sp³-hybridized carbons (Fsp3) is 0.467. The number of fused-ring (bicyclic) bond motifs is 1. The average molecular weight is 262 g/mol. The van der Waals surface area contributed by atoms with Gasteiger partial charge in [0.15, 0.2) is 0 Å². The minimum Gasteiger partial charge on any atom is -0.490 e. The lowest BCUT2D eigenvalue weighted by molar-refractivity contribution is 0.0722. The van der Waals surface area contributed by atoms with E-state index in [0.717, 1.165) is 29.7 Å². The molecular formula is C15H22N2O2. The van der Waals surface area contributed by atoms with Crippen LogP contribution in [0.25, 0.3) is 10.9 Å². The Morgan fingerprint density at radius 2 is 2.05 bits per heavy atom. The van der Waals surface area contributed by atoms with E-state index in [1.807, 2.05) is 30.5 Å². The average Bonchev–Trinajstić information content (AvgIpc) is 2.91. The normalized spacial score (nSPS) is 13.1. The summed E-state index contributed by atoms with van der Waals surface area (Å²) in [5, 5.41) is 11.0. The molecule has 0 radical (unpaired) electrons. The molecule has 2 rings (SSSR count). The lowest BCUT2D eigenvalue weighted by Gasteiger charge is -2.22. The molecule has 0 amide bonds. The lowest BCUT2D eigenvalue weighted by Crippen LogP contribution is -2.35. The molecule has 0 saturated carbocycles. The van der Waals surface area contributed by atoms with Gasteiger partial charge in [-0.1, -0.05) is 19.9 Å². The summed E-state index contributed by atoms with van der Waals surface area (Å²) in [7, 11) is 0. The van der Waals surface area contributed by atoms with Crippen LogP contribution < -0.4 is 4.74 Å². The summed E-state index contributed by atoms with van der Waals surface area (Å²) in [5.74, 6) is 0.817. The first-order valence-electron chi connectivity index (χ1n) is 6.84. The Morgan fingerprint density at radius 1 is 1.26 bits per heavy atom. The number of ether oxygens (including phenoxy) is 1. The van der Waals surface area contributed by atoms with E-state index >= 15 is 0 Å². The fourth-order valence-electron chi connectivity index (χ4n) is 2.20. The number of aromatic amines is 1. The van der Waals surface area contributed by atoms with Gasteiger partial charge in [0.2, 0.25) is 0 Å². The maximum Gasteiger partial charge on any atom is 0.128 e. The van der Waals surface area contributed by atoms with Gasteiger partial charge in [-0.05, 0) is 31.3 Å². The molecule has 0 aliphatic rings. The molecule has 0 fully saturated rings. The molecule has 19 heavy (non-hydrogen) atoms. The third-order valence-electron chi connectivity index (χ3n) is 3.35. The van der Waals surface area contributed by atoms with Gasteiger partial charge in [-0.15, -0.1) is 0 Å². The summed E-state index contributed by atoms with van der Waals surface area (Å²) < 4.78 is 5.73. The Labute approximate surface area is 114 Å². The number of aliphatic hydroxyl groups excluding tert-OH is 1. The number of aliphatic hydroxyl groups is 1. The highest BCUT2D eigenvalue weighted by Crippen LogP contribution is 2.24. The standard InChI is InChI=1S/C15H22N2O2/c1-3-17(4-2)10-12(18)11-19-15-7-5-6-14-13(15)8-9-16-14/h5-9,12,16,18H,3-4,10-11H2,1-2H3. The Balaban J connectivity index is 1.93. The summed E-state index contributed by atoms with van der Waals surface area (Å²) in [6.45, 7) is 7.05. The summed E-state index contributed by atoms with van der Waals surface area (Å²) in [5.41, 5.74) is 1.05. The highest BCUT2D eigenvalue weighted by atomic mass is 16.5. The zero-order chi connectivity index (χ0) is 13.7. The second-order valence-electron chi connectivity index (χ2n) is 4.65. The van der Waals surface area contributed by atoms with Gasteiger partial charge in [0, 0.05) is 23.6 Å². The monoisotopic (exact) mass is 262 g/mol. The molecule has 4 heteroatoms. The molecule has 0 spiro atoms. The molecule has 2 aromatic rings. The van der Waals surface area contributed by atoms with Crippen molar-refractivity contribution in [3.8, 4) is 5.75 Å². The van der Waals surface area contributed by atoms with E-state index in [9.17, 15) is 5.11 Å². The van der Waals surface area contributed by atoms with E-state index in [0.29, 0.717) is 13.2 Å². The molecule has 1 atom stereocenters. The van der Waals surface area contributed by atoms with Gasteiger partial charge in [-0.3, -0.25) is 0 Å². The van der Waals surface area contributed by atoms with Crippen LogP contribution in [0.3, 0.4) is 0 Å². The summed E-state index contributed by atoms with van der Waals surface area (Å²) in [4.78, 5) is 5.33. The minimum atomic E-state index is -0.464. The lowest BCUT2D eigenvalue weighted by atomic mass is 10.2. The third-order valence-corrected chi connectivity index (χ3v) is 3.35. The molecule has 0 aliphatic carbocycles. The number of nitrogens with one attached hydrogen (secondary N) is 1. The van der Waals surface area contributed by atoms with Crippen molar-refractivity contribution in [2.75, 3.05) is 26.2 Å². The Bertz CT molecular complexity index is 506. The number of likely N-dealkylation sites (N-methyl/N-ethyl adjacent to an activating group) is 1. The Kier molecular flexibility index (Phi) is 4.82. The van der Waals surface area contributed by atoms with E-state index in [2.05, 4.69) is 23.7 Å². The highest BCUT2D eigenvalue weighted by molar-refractivity contribution is 5.85. The van der Waals surface area contributed by atoms with Gasteiger partial charge in [-0.2, -0.15) is 0 Å². The van der Waals surface area contributed by atoms with Gasteiger partial charge >= 0.3 is 0 Å². The first-order chi connectivity index (χ1) is 9.24. The van der Waals surface area contributed by atoms with Crippen LogP contribution in [0, 0.1) is 0 Å². The minimum absolute atomic E-state index is 0.320. The van der Waals surface area contributed by atoms with Crippen molar-refractivity contribution in [3.63, 3.8) is 0 Å². The van der Waals surface area contributed by atoms with Gasteiger partial charge in [0.05, 0.1) is 0 Å². The van der Waals surface area contributed by atoms with Crippen molar-refractivity contribution >= 4 is 10.9 Å². The summed E-state index contributed by atoms with van der Waals surface area (Å²) in [6.07, 6.45) is 1.43. The third kappa shape index (κ3) is 3.49. The molecule has 0 aliphatic heterocycles. The van der Waals surface area contributed by atoms with Crippen LogP contribution >= 0.6 is 0 Å². The van der Waals surface area contributed by atoms with Crippen molar-refractivity contribution < 1.29 is 9.84 Å². The topological polar surface area (TPSA) is 48.5 Å². The SMILES string of the molecule is CCN(CC)CC(O)COc1cccc2[nH]ccc12. The number of H-pyrrole nitrogens is 1. The van der Waals surface area contributed by atoms with Crippen molar-refractivity contribution in [1.82, 2.24) is 9.88 Å². The maximum absolute atomic E-state index is 9.99. The summed E-state index contributed by atoms with van der Waals surface area (Å²) in [6, 6.07) is 7.88. The molecule has 1 aromatic carbocycles. The van der Waals surface area contributed by atoms with Crippen LogP contribution in [-0.4, -0.2) is 47.3 Å². The maximum atomic E-state index is 9.99. The number of aromatic nitrogens is 1. The number of hydrogen-bond donors (Lipinski definition) is 2. The smallest absolute Gasteiger partial charge is 0.128 e. The first kappa shape index (κ1) is 13.9. The number of rotatable bonds is 7. The summed E-state index contributed by atoms with van der Waals surface area (Å²) >= 11 is 0.